The Hall–Kier alpha value is -2.24. The number of carbonyl (C=O) groups excluding carboxylic acids is 2. The second kappa shape index (κ2) is 6.48. The van der Waals surface area contributed by atoms with Crippen LogP contribution in [0.4, 0.5) is 8.78 Å². The molecule has 0 aliphatic heterocycles. The molecule has 2 aliphatic rings. The van der Waals surface area contributed by atoms with Crippen molar-refractivity contribution < 1.29 is 27.8 Å². The molecule has 4 nitrogen and oxygen atoms in total. The van der Waals surface area contributed by atoms with Crippen LogP contribution < -0.4 is 4.74 Å². The summed E-state index contributed by atoms with van der Waals surface area (Å²) < 4.78 is 33.4. The van der Waals surface area contributed by atoms with Gasteiger partial charge in [0.15, 0.2) is 12.4 Å². The van der Waals surface area contributed by atoms with Crippen LogP contribution in [0.5, 0.6) is 5.75 Å². The van der Waals surface area contributed by atoms with Gasteiger partial charge in [-0.05, 0) is 48.9 Å². The summed E-state index contributed by atoms with van der Waals surface area (Å²) in [5.41, 5.74) is 0.284. The molecule has 0 aromatic heterocycles. The Kier molecular flexibility index (Phi) is 4.41. The highest BCUT2D eigenvalue weighted by molar-refractivity contribution is 5.98. The van der Waals surface area contributed by atoms with Gasteiger partial charge in [-0.3, -0.25) is 9.59 Å². The van der Waals surface area contributed by atoms with E-state index in [1.54, 1.807) is 0 Å². The van der Waals surface area contributed by atoms with Crippen LogP contribution in [-0.2, 0) is 9.53 Å². The predicted molar refractivity (Wildman–Crippen MR) is 77.2 cm³/mol. The third-order valence-electron chi connectivity index (χ3n) is 4.33. The van der Waals surface area contributed by atoms with Gasteiger partial charge in [-0.25, -0.2) is 0 Å². The van der Waals surface area contributed by atoms with Crippen LogP contribution >= 0.6 is 0 Å². The molecule has 0 unspecified atom stereocenters. The molecule has 1 saturated carbocycles. The van der Waals surface area contributed by atoms with Crippen molar-refractivity contribution >= 4 is 11.8 Å². The number of rotatable bonds is 6. The average molecular weight is 322 g/mol. The van der Waals surface area contributed by atoms with Crippen molar-refractivity contribution in [1.82, 2.24) is 0 Å². The van der Waals surface area contributed by atoms with Crippen LogP contribution in [-0.4, -0.2) is 25.0 Å². The van der Waals surface area contributed by atoms with Crippen molar-refractivity contribution in [2.24, 2.45) is 17.8 Å². The van der Waals surface area contributed by atoms with E-state index in [-0.39, 0.29) is 41.5 Å². The summed E-state index contributed by atoms with van der Waals surface area (Å²) in [7, 11) is 0. The van der Waals surface area contributed by atoms with Crippen molar-refractivity contribution in [1.29, 1.82) is 0 Å². The maximum Gasteiger partial charge on any atom is 0.387 e. The fourth-order valence-corrected chi connectivity index (χ4v) is 3.20. The van der Waals surface area contributed by atoms with E-state index in [0.29, 0.717) is 5.92 Å². The molecule has 1 aromatic rings. The average Bonchev–Trinajstić information content (AvgIpc) is 3.15. The molecule has 0 radical (unpaired) electrons. The Labute approximate surface area is 132 Å². The number of benzene rings is 1. The first-order chi connectivity index (χ1) is 11.0. The van der Waals surface area contributed by atoms with Gasteiger partial charge in [-0.1, -0.05) is 12.2 Å². The molecule has 0 spiro atoms. The van der Waals surface area contributed by atoms with Crippen molar-refractivity contribution in [2.75, 3.05) is 6.61 Å². The molecule has 1 aromatic carbocycles. The highest BCUT2D eigenvalue weighted by atomic mass is 19.3. The van der Waals surface area contributed by atoms with E-state index >= 15 is 0 Å². The minimum atomic E-state index is -2.91. The fourth-order valence-electron chi connectivity index (χ4n) is 3.20. The molecule has 122 valence electrons. The molecule has 3 atom stereocenters. The molecule has 6 heteroatoms. The van der Waals surface area contributed by atoms with Crippen LogP contribution in [0.3, 0.4) is 0 Å². The maximum absolute atomic E-state index is 12.0. The molecule has 23 heavy (non-hydrogen) atoms. The van der Waals surface area contributed by atoms with Crippen LogP contribution in [0.15, 0.2) is 36.4 Å². The molecule has 0 N–H and O–H groups in total. The Bertz CT molecular complexity index is 624. The normalized spacial score (nSPS) is 24.9. The SMILES string of the molecule is O=C(COC(=O)[C@@H]1C[C@@H]2C=C[C@H]1C2)c1ccc(OC(F)F)cc1. The van der Waals surface area contributed by atoms with Crippen LogP contribution in [0.25, 0.3) is 0 Å². The molecule has 3 rings (SSSR count). The van der Waals surface area contributed by atoms with E-state index in [9.17, 15) is 18.4 Å². The van der Waals surface area contributed by atoms with E-state index in [2.05, 4.69) is 10.8 Å². The second-order valence-electron chi connectivity index (χ2n) is 5.82. The first-order valence-electron chi connectivity index (χ1n) is 7.46. The smallest absolute Gasteiger partial charge is 0.387 e. The number of alkyl halides is 2. The fraction of sp³-hybridized carbons (Fsp3) is 0.412. The number of allylic oxidation sites excluding steroid dienone is 2. The van der Waals surface area contributed by atoms with Crippen molar-refractivity contribution in [3.8, 4) is 5.75 Å². The van der Waals surface area contributed by atoms with E-state index in [1.165, 1.54) is 24.3 Å². The van der Waals surface area contributed by atoms with Gasteiger partial charge >= 0.3 is 12.6 Å². The number of ether oxygens (including phenoxy) is 2. The van der Waals surface area contributed by atoms with Crippen molar-refractivity contribution in [3.05, 3.63) is 42.0 Å². The summed E-state index contributed by atoms with van der Waals surface area (Å²) in [4.78, 5) is 24.0. The quantitative estimate of drug-likeness (QED) is 0.458. The monoisotopic (exact) mass is 322 g/mol. The highest BCUT2D eigenvalue weighted by Crippen LogP contribution is 2.43. The number of hydrogen-bond acceptors (Lipinski definition) is 4. The maximum atomic E-state index is 12.0. The van der Waals surface area contributed by atoms with Gasteiger partial charge < -0.3 is 9.47 Å². The lowest BCUT2D eigenvalue weighted by molar-refractivity contribution is -0.148. The molecule has 1 fully saturated rings. The molecule has 2 bridgehead atoms. The Morgan fingerprint density at radius 1 is 1.13 bits per heavy atom. The number of halogens is 2. The lowest BCUT2D eigenvalue weighted by Gasteiger charge is -2.16. The summed E-state index contributed by atoms with van der Waals surface area (Å²) in [6.45, 7) is -3.25. The van der Waals surface area contributed by atoms with Gasteiger partial charge in [0, 0.05) is 5.56 Å². The van der Waals surface area contributed by atoms with Gasteiger partial charge in [0.05, 0.1) is 5.92 Å². The molecule has 0 amide bonds. The van der Waals surface area contributed by atoms with Crippen molar-refractivity contribution in [3.63, 3.8) is 0 Å². The number of carbonyl (C=O) groups is 2. The molecule has 2 aliphatic carbocycles. The summed E-state index contributed by atoms with van der Waals surface area (Å²) in [5, 5.41) is 0. The zero-order valence-corrected chi connectivity index (χ0v) is 12.3. The van der Waals surface area contributed by atoms with Crippen molar-refractivity contribution in [2.45, 2.75) is 19.5 Å². The molecular formula is C17H16F2O4. The zero-order chi connectivity index (χ0) is 16.4. The Morgan fingerprint density at radius 2 is 1.87 bits per heavy atom. The predicted octanol–water partition coefficient (Wildman–Crippen LogP) is 3.23. The summed E-state index contributed by atoms with van der Waals surface area (Å²) >= 11 is 0. The Morgan fingerprint density at radius 3 is 2.43 bits per heavy atom. The van der Waals surface area contributed by atoms with E-state index < -0.39 is 6.61 Å². The van der Waals surface area contributed by atoms with E-state index in [1.807, 2.05) is 6.08 Å². The number of esters is 1. The molecule has 0 saturated heterocycles. The van der Waals surface area contributed by atoms with Gasteiger partial charge in [0.2, 0.25) is 0 Å². The largest absolute Gasteiger partial charge is 0.457 e. The standard InChI is InChI=1S/C17H16F2O4/c18-17(19)23-13-5-3-11(4-6-13)15(20)9-22-16(21)14-8-10-1-2-12(14)7-10/h1-6,10,12,14,17H,7-9H2/t10-,12+,14-/m1/s1. The van der Waals surface area contributed by atoms with Crippen LogP contribution in [0, 0.1) is 17.8 Å². The van der Waals surface area contributed by atoms with E-state index in [4.69, 9.17) is 4.74 Å². The third-order valence-corrected chi connectivity index (χ3v) is 4.33. The third kappa shape index (κ3) is 3.57. The number of Topliss-reactive ketones (excluding diaryl/α,β-unsaturated/α-hetero) is 1. The van der Waals surface area contributed by atoms with E-state index in [0.717, 1.165) is 12.8 Å². The van der Waals surface area contributed by atoms with Crippen LogP contribution in [0.2, 0.25) is 0 Å². The lowest BCUT2D eigenvalue weighted by atomic mass is 9.94. The highest BCUT2D eigenvalue weighted by Gasteiger charge is 2.40. The van der Waals surface area contributed by atoms with Gasteiger partial charge in [0.25, 0.3) is 0 Å². The number of ketones is 1. The number of fused-ring (bicyclic) bond motifs is 2. The topological polar surface area (TPSA) is 52.6 Å². The first-order valence-corrected chi connectivity index (χ1v) is 7.46. The van der Waals surface area contributed by atoms with Gasteiger partial charge in [-0.2, -0.15) is 8.78 Å². The Balaban J connectivity index is 1.51. The number of hydrogen-bond donors (Lipinski definition) is 0. The summed E-state index contributed by atoms with van der Waals surface area (Å²) in [6.07, 6.45) is 5.94. The molecule has 0 heterocycles. The second-order valence-corrected chi connectivity index (χ2v) is 5.82. The van der Waals surface area contributed by atoms with Crippen LogP contribution in [0.1, 0.15) is 23.2 Å². The summed E-state index contributed by atoms with van der Waals surface area (Å²) in [6, 6.07) is 5.30. The lowest BCUT2D eigenvalue weighted by Crippen LogP contribution is -2.24. The first kappa shape index (κ1) is 15.6. The minimum Gasteiger partial charge on any atom is -0.457 e. The minimum absolute atomic E-state index is 0.0256. The zero-order valence-electron chi connectivity index (χ0n) is 12.3. The molecular weight excluding hydrogens is 306 g/mol. The van der Waals surface area contributed by atoms with Gasteiger partial charge in [-0.15, -0.1) is 0 Å². The summed E-state index contributed by atoms with van der Waals surface area (Å²) in [5.74, 6) is -0.209. The van der Waals surface area contributed by atoms with Gasteiger partial charge in [0.1, 0.15) is 5.75 Å².